The van der Waals surface area contributed by atoms with Gasteiger partial charge in [-0.3, -0.25) is 4.90 Å². The van der Waals surface area contributed by atoms with Crippen molar-refractivity contribution in [2.45, 2.75) is 38.6 Å². The lowest BCUT2D eigenvalue weighted by Crippen LogP contribution is -2.40. The van der Waals surface area contributed by atoms with Crippen LogP contribution in [-0.4, -0.2) is 40.7 Å². The number of aryl methyl sites for hydroxylation is 1. The van der Waals surface area contributed by atoms with Crippen LogP contribution in [0.1, 0.15) is 35.2 Å². The summed E-state index contributed by atoms with van der Waals surface area (Å²) in [5.41, 5.74) is 7.06. The maximum Gasteiger partial charge on any atom is 0.143 e. The van der Waals surface area contributed by atoms with Crippen LogP contribution in [0.4, 0.5) is 4.39 Å². The van der Waals surface area contributed by atoms with E-state index in [1.807, 2.05) is 30.1 Å². The molecule has 1 aliphatic heterocycles. The highest BCUT2D eigenvalue weighted by molar-refractivity contribution is 5.60. The van der Waals surface area contributed by atoms with E-state index in [0.29, 0.717) is 6.04 Å². The molecule has 31 heavy (non-hydrogen) atoms. The summed E-state index contributed by atoms with van der Waals surface area (Å²) in [6.45, 7) is 4.07. The summed E-state index contributed by atoms with van der Waals surface area (Å²) in [4.78, 5) is 6.90. The monoisotopic (exact) mass is 417 g/mol. The first kappa shape index (κ1) is 20.0. The number of imidazole rings is 1. The van der Waals surface area contributed by atoms with E-state index in [9.17, 15) is 4.39 Å². The third-order valence-corrected chi connectivity index (χ3v) is 6.51. The molecule has 1 fully saturated rings. The number of hydrogen-bond donors (Lipinski definition) is 0. The minimum Gasteiger partial charge on any atom is -0.495 e. The van der Waals surface area contributed by atoms with Gasteiger partial charge in [0.15, 0.2) is 0 Å². The Bertz CT molecular complexity index is 1130. The number of aromatic nitrogens is 2. The highest BCUT2D eigenvalue weighted by atomic mass is 19.1. The van der Waals surface area contributed by atoms with Crippen LogP contribution in [-0.2, 0) is 12.8 Å². The quantitative estimate of drug-likeness (QED) is 0.600. The van der Waals surface area contributed by atoms with Crippen LogP contribution in [0.15, 0.2) is 54.5 Å². The number of nitrogens with zero attached hydrogens (tertiary/aromatic N) is 3. The molecule has 1 atom stereocenters. The molecule has 0 saturated carbocycles. The lowest BCUT2D eigenvalue weighted by Gasteiger charge is -2.33. The van der Waals surface area contributed by atoms with Gasteiger partial charge in [0.1, 0.15) is 11.6 Å². The standard InChI is InChI=1S/C26H28FN3O/c1-18-15-30(17-28-18)25-8-5-19(11-26(25)31-2)10-20-4-3-9-29(16-20)24-13-21-6-7-23(27)12-22(21)14-24/h5-8,10-12,15,17,24H,3-4,9,13-14,16H2,1-2H3/b20-10+. The molecular formula is C26H28FN3O. The molecule has 0 radical (unpaired) electrons. The highest BCUT2D eigenvalue weighted by Gasteiger charge is 2.29. The molecule has 2 heterocycles. The Morgan fingerprint density at radius 3 is 2.81 bits per heavy atom. The van der Waals surface area contributed by atoms with Crippen molar-refractivity contribution >= 4 is 6.08 Å². The first-order valence-corrected chi connectivity index (χ1v) is 11.0. The van der Waals surface area contributed by atoms with Crippen LogP contribution in [0.5, 0.6) is 5.75 Å². The largest absolute Gasteiger partial charge is 0.495 e. The zero-order valence-electron chi connectivity index (χ0n) is 18.1. The van der Waals surface area contributed by atoms with Gasteiger partial charge in [0.25, 0.3) is 0 Å². The van der Waals surface area contributed by atoms with Crippen LogP contribution in [0.25, 0.3) is 11.8 Å². The molecular weight excluding hydrogens is 389 g/mol. The van der Waals surface area contributed by atoms with Crippen LogP contribution in [0, 0.1) is 12.7 Å². The Balaban J connectivity index is 1.33. The average Bonchev–Trinajstić information content (AvgIpc) is 3.39. The van der Waals surface area contributed by atoms with Crippen LogP contribution < -0.4 is 4.74 Å². The first-order valence-electron chi connectivity index (χ1n) is 11.0. The Labute approximate surface area is 183 Å². The zero-order valence-corrected chi connectivity index (χ0v) is 18.1. The number of halogens is 1. The molecule has 1 aliphatic carbocycles. The van der Waals surface area contributed by atoms with Gasteiger partial charge in [-0.1, -0.05) is 23.8 Å². The van der Waals surface area contributed by atoms with Gasteiger partial charge in [-0.2, -0.15) is 0 Å². The number of ether oxygens (including phenoxy) is 1. The van der Waals surface area contributed by atoms with Gasteiger partial charge in [0.2, 0.25) is 0 Å². The SMILES string of the molecule is COc1cc(/C=C2\CCCN(C3Cc4ccc(F)cc4C3)C2)ccc1-n1cnc(C)c1. The number of methoxy groups -OCH3 is 1. The van der Waals surface area contributed by atoms with E-state index in [0.717, 1.165) is 61.5 Å². The molecule has 0 N–H and O–H groups in total. The lowest BCUT2D eigenvalue weighted by atomic mass is 9.99. The normalized spacial score (nSPS) is 20.2. The Hall–Kier alpha value is -2.92. The Morgan fingerprint density at radius 2 is 2.00 bits per heavy atom. The molecule has 0 amide bonds. The summed E-state index contributed by atoms with van der Waals surface area (Å²) in [5.74, 6) is 0.717. The van der Waals surface area contributed by atoms with Crippen LogP contribution in [0.3, 0.4) is 0 Å². The predicted molar refractivity (Wildman–Crippen MR) is 121 cm³/mol. The summed E-state index contributed by atoms with van der Waals surface area (Å²) in [7, 11) is 1.71. The van der Waals surface area contributed by atoms with Crippen molar-refractivity contribution in [2.24, 2.45) is 0 Å². The van der Waals surface area contributed by atoms with E-state index in [1.165, 1.54) is 16.7 Å². The molecule has 1 aromatic heterocycles. The van der Waals surface area contributed by atoms with Crippen molar-refractivity contribution in [1.29, 1.82) is 0 Å². The second-order valence-corrected chi connectivity index (χ2v) is 8.71. The summed E-state index contributed by atoms with van der Waals surface area (Å²) in [6, 6.07) is 12.1. The topological polar surface area (TPSA) is 30.3 Å². The summed E-state index contributed by atoms with van der Waals surface area (Å²) in [5, 5.41) is 0. The number of fused-ring (bicyclic) bond motifs is 1. The lowest BCUT2D eigenvalue weighted by molar-refractivity contribution is 0.197. The van der Waals surface area contributed by atoms with Gasteiger partial charge in [-0.15, -0.1) is 0 Å². The Morgan fingerprint density at radius 1 is 1.13 bits per heavy atom. The highest BCUT2D eigenvalue weighted by Crippen LogP contribution is 2.31. The third kappa shape index (κ3) is 4.15. The molecule has 0 spiro atoms. The van der Waals surface area contributed by atoms with E-state index < -0.39 is 0 Å². The molecule has 0 bridgehead atoms. The van der Waals surface area contributed by atoms with Crippen molar-refractivity contribution in [3.8, 4) is 11.4 Å². The van der Waals surface area contributed by atoms with Gasteiger partial charge in [0, 0.05) is 18.8 Å². The molecule has 160 valence electrons. The molecule has 2 aliphatic rings. The number of likely N-dealkylation sites (tertiary alicyclic amines) is 1. The molecule has 4 nitrogen and oxygen atoms in total. The molecule has 5 heteroatoms. The summed E-state index contributed by atoms with van der Waals surface area (Å²) < 4.78 is 21.3. The smallest absolute Gasteiger partial charge is 0.143 e. The van der Waals surface area contributed by atoms with E-state index >= 15 is 0 Å². The Kier molecular flexibility index (Phi) is 5.36. The maximum absolute atomic E-state index is 13.6. The fourth-order valence-electron chi connectivity index (χ4n) is 4.97. The van der Waals surface area contributed by atoms with Crippen LogP contribution in [0.2, 0.25) is 0 Å². The molecule has 2 aromatic carbocycles. The third-order valence-electron chi connectivity index (χ3n) is 6.51. The van der Waals surface area contributed by atoms with E-state index in [-0.39, 0.29) is 5.82 Å². The number of piperidine rings is 1. The van der Waals surface area contributed by atoms with E-state index in [1.54, 1.807) is 19.2 Å². The van der Waals surface area contributed by atoms with Crippen molar-refractivity contribution < 1.29 is 9.13 Å². The first-order chi connectivity index (χ1) is 15.1. The fraction of sp³-hybridized carbons (Fsp3) is 0.346. The zero-order chi connectivity index (χ0) is 21.4. The van der Waals surface area contributed by atoms with Crippen molar-refractivity contribution in [3.05, 3.63) is 82.7 Å². The van der Waals surface area contributed by atoms with Gasteiger partial charge in [-0.25, -0.2) is 9.37 Å². The number of benzene rings is 2. The second kappa shape index (κ2) is 8.31. The second-order valence-electron chi connectivity index (χ2n) is 8.71. The number of rotatable bonds is 4. The molecule has 1 unspecified atom stereocenters. The van der Waals surface area contributed by atoms with Gasteiger partial charge >= 0.3 is 0 Å². The van der Waals surface area contributed by atoms with Gasteiger partial charge in [-0.05, 0) is 80.1 Å². The van der Waals surface area contributed by atoms with Crippen LogP contribution >= 0.6 is 0 Å². The average molecular weight is 418 g/mol. The molecule has 3 aromatic rings. The van der Waals surface area contributed by atoms with Crippen molar-refractivity contribution in [1.82, 2.24) is 14.5 Å². The summed E-state index contributed by atoms with van der Waals surface area (Å²) >= 11 is 0. The van der Waals surface area contributed by atoms with Crippen molar-refractivity contribution in [3.63, 3.8) is 0 Å². The molecule has 1 saturated heterocycles. The number of hydrogen-bond acceptors (Lipinski definition) is 3. The summed E-state index contributed by atoms with van der Waals surface area (Å²) in [6.07, 6.45) is 10.4. The van der Waals surface area contributed by atoms with Gasteiger partial charge < -0.3 is 9.30 Å². The van der Waals surface area contributed by atoms with Gasteiger partial charge in [0.05, 0.1) is 24.8 Å². The molecule has 5 rings (SSSR count). The van der Waals surface area contributed by atoms with E-state index in [4.69, 9.17) is 4.74 Å². The van der Waals surface area contributed by atoms with E-state index in [2.05, 4.69) is 34.2 Å². The fourth-order valence-corrected chi connectivity index (χ4v) is 4.97. The predicted octanol–water partition coefficient (Wildman–Crippen LogP) is 4.98. The maximum atomic E-state index is 13.6. The minimum atomic E-state index is -0.123. The van der Waals surface area contributed by atoms with Crippen molar-refractivity contribution in [2.75, 3.05) is 20.2 Å². The minimum absolute atomic E-state index is 0.123.